The van der Waals surface area contributed by atoms with Gasteiger partial charge >= 0.3 is 5.97 Å². The summed E-state index contributed by atoms with van der Waals surface area (Å²) < 4.78 is 10.5. The van der Waals surface area contributed by atoms with Crippen molar-refractivity contribution in [2.75, 3.05) is 40.5 Å². The molecule has 0 aromatic heterocycles. The van der Waals surface area contributed by atoms with Crippen molar-refractivity contribution in [2.45, 2.75) is 19.3 Å². The van der Waals surface area contributed by atoms with E-state index in [0.717, 1.165) is 37.2 Å². The van der Waals surface area contributed by atoms with Crippen molar-refractivity contribution in [3.8, 4) is 5.75 Å². The van der Waals surface area contributed by atoms with Gasteiger partial charge in [0.1, 0.15) is 5.75 Å². The Labute approximate surface area is 143 Å². The molecule has 1 fully saturated rings. The lowest BCUT2D eigenvalue weighted by Gasteiger charge is -2.39. The number of carbonyl (C=O) groups is 1. The van der Waals surface area contributed by atoms with Crippen molar-refractivity contribution in [3.05, 3.63) is 35.9 Å². The number of ether oxygens (including phenoxy) is 2. The van der Waals surface area contributed by atoms with Gasteiger partial charge in [-0.05, 0) is 31.9 Å². The summed E-state index contributed by atoms with van der Waals surface area (Å²) in [6, 6.07) is 7.85. The first kappa shape index (κ1) is 18.5. The molecule has 5 nitrogen and oxygen atoms in total. The van der Waals surface area contributed by atoms with Crippen LogP contribution in [0.2, 0.25) is 0 Å². The van der Waals surface area contributed by atoms with Crippen molar-refractivity contribution in [2.24, 2.45) is 5.41 Å². The summed E-state index contributed by atoms with van der Waals surface area (Å²) in [5.41, 5.74) is 0.341. The second-order valence-electron chi connectivity index (χ2n) is 6.31. The van der Waals surface area contributed by atoms with Crippen molar-refractivity contribution < 1.29 is 19.4 Å². The number of methoxy groups -OCH3 is 2. The molecule has 0 aliphatic carbocycles. The minimum Gasteiger partial charge on any atom is -0.496 e. The van der Waals surface area contributed by atoms with E-state index in [9.17, 15) is 9.90 Å². The molecule has 2 rings (SSSR count). The van der Waals surface area contributed by atoms with E-state index in [0.29, 0.717) is 19.6 Å². The number of benzene rings is 1. The molecule has 132 valence electrons. The molecule has 0 saturated carbocycles. The second-order valence-corrected chi connectivity index (χ2v) is 6.31. The average molecular weight is 333 g/mol. The summed E-state index contributed by atoms with van der Waals surface area (Å²) in [6.07, 6.45) is 6.29. The van der Waals surface area contributed by atoms with E-state index in [4.69, 9.17) is 9.47 Å². The van der Waals surface area contributed by atoms with Crippen molar-refractivity contribution >= 4 is 12.0 Å². The van der Waals surface area contributed by atoms with Crippen LogP contribution in [0.25, 0.3) is 6.08 Å². The lowest BCUT2D eigenvalue weighted by molar-refractivity contribution is -0.154. The molecule has 1 heterocycles. The summed E-state index contributed by atoms with van der Waals surface area (Å²) in [6.45, 7) is 2.72. The number of likely N-dealkylation sites (tertiary alicyclic amines) is 1. The van der Waals surface area contributed by atoms with Gasteiger partial charge in [-0.3, -0.25) is 9.69 Å². The van der Waals surface area contributed by atoms with E-state index in [-0.39, 0.29) is 0 Å². The SMILES string of the molecule is COCCC1(C(=O)O)CCCN(CC=Cc2ccccc2OC)C1. The van der Waals surface area contributed by atoms with Crippen molar-refractivity contribution in [1.29, 1.82) is 0 Å². The number of carboxylic acids is 1. The fourth-order valence-corrected chi connectivity index (χ4v) is 3.30. The first-order valence-corrected chi connectivity index (χ1v) is 8.35. The topological polar surface area (TPSA) is 59.0 Å². The Kier molecular flexibility index (Phi) is 6.82. The highest BCUT2D eigenvalue weighted by atomic mass is 16.5. The van der Waals surface area contributed by atoms with E-state index >= 15 is 0 Å². The highest BCUT2D eigenvalue weighted by Crippen LogP contribution is 2.34. The van der Waals surface area contributed by atoms with Crippen LogP contribution in [0.1, 0.15) is 24.8 Å². The number of rotatable bonds is 8. The zero-order chi connectivity index (χ0) is 17.4. The summed E-state index contributed by atoms with van der Waals surface area (Å²) in [7, 11) is 3.28. The molecule has 1 unspecified atom stereocenters. The predicted octanol–water partition coefficient (Wildman–Crippen LogP) is 2.91. The number of aliphatic carboxylic acids is 1. The molecule has 1 aromatic rings. The summed E-state index contributed by atoms with van der Waals surface area (Å²) >= 11 is 0. The van der Waals surface area contributed by atoms with Crippen LogP contribution in [0.5, 0.6) is 5.75 Å². The Morgan fingerprint density at radius 3 is 2.88 bits per heavy atom. The van der Waals surface area contributed by atoms with Gasteiger partial charge in [0.2, 0.25) is 0 Å². The summed E-state index contributed by atoms with van der Waals surface area (Å²) in [4.78, 5) is 14.0. The fraction of sp³-hybridized carbons (Fsp3) is 0.526. The Morgan fingerprint density at radius 2 is 2.17 bits per heavy atom. The van der Waals surface area contributed by atoms with E-state index < -0.39 is 11.4 Å². The molecule has 1 atom stereocenters. The number of piperidine rings is 1. The monoisotopic (exact) mass is 333 g/mol. The number of carboxylic acid groups (broad SMARTS) is 1. The minimum atomic E-state index is -0.710. The number of nitrogens with zero attached hydrogens (tertiary/aromatic N) is 1. The fourth-order valence-electron chi connectivity index (χ4n) is 3.30. The lowest BCUT2D eigenvalue weighted by atomic mass is 9.77. The van der Waals surface area contributed by atoms with Crippen LogP contribution in [-0.2, 0) is 9.53 Å². The minimum absolute atomic E-state index is 0.483. The van der Waals surface area contributed by atoms with Gasteiger partial charge in [-0.2, -0.15) is 0 Å². The van der Waals surface area contributed by atoms with Crippen LogP contribution in [0, 0.1) is 5.41 Å². The van der Waals surface area contributed by atoms with Crippen LogP contribution in [0.3, 0.4) is 0 Å². The van der Waals surface area contributed by atoms with Gasteiger partial charge in [0.05, 0.1) is 12.5 Å². The van der Waals surface area contributed by atoms with Crippen LogP contribution >= 0.6 is 0 Å². The molecule has 24 heavy (non-hydrogen) atoms. The number of hydrogen-bond donors (Lipinski definition) is 1. The van der Waals surface area contributed by atoms with Gasteiger partial charge < -0.3 is 14.6 Å². The van der Waals surface area contributed by atoms with Crippen LogP contribution in [0.4, 0.5) is 0 Å². The van der Waals surface area contributed by atoms with Gasteiger partial charge in [-0.1, -0.05) is 30.4 Å². The van der Waals surface area contributed by atoms with Gasteiger partial charge in [0.25, 0.3) is 0 Å². The third-order valence-electron chi connectivity index (χ3n) is 4.69. The maximum Gasteiger partial charge on any atom is 0.311 e. The largest absolute Gasteiger partial charge is 0.496 e. The first-order chi connectivity index (χ1) is 11.6. The zero-order valence-electron chi connectivity index (χ0n) is 14.5. The number of para-hydroxylation sites is 1. The Hall–Kier alpha value is -1.85. The molecule has 1 N–H and O–H groups in total. The third-order valence-corrected chi connectivity index (χ3v) is 4.69. The quantitative estimate of drug-likeness (QED) is 0.793. The molecule has 5 heteroatoms. The zero-order valence-corrected chi connectivity index (χ0v) is 14.5. The lowest BCUT2D eigenvalue weighted by Crippen LogP contribution is -2.48. The van der Waals surface area contributed by atoms with Gasteiger partial charge in [-0.15, -0.1) is 0 Å². The Balaban J connectivity index is 1.99. The summed E-state index contributed by atoms with van der Waals surface area (Å²) in [5.74, 6) is 0.130. The highest BCUT2D eigenvalue weighted by molar-refractivity contribution is 5.75. The molecule has 1 aliphatic heterocycles. The van der Waals surface area contributed by atoms with Gasteiger partial charge in [-0.25, -0.2) is 0 Å². The molecule has 1 aliphatic rings. The average Bonchev–Trinajstić information content (AvgIpc) is 2.60. The molecule has 1 aromatic carbocycles. The Morgan fingerprint density at radius 1 is 1.38 bits per heavy atom. The van der Waals surface area contributed by atoms with Crippen molar-refractivity contribution in [1.82, 2.24) is 4.90 Å². The third kappa shape index (κ3) is 4.58. The van der Waals surface area contributed by atoms with E-state index in [1.165, 1.54) is 0 Å². The second kappa shape index (κ2) is 8.85. The first-order valence-electron chi connectivity index (χ1n) is 8.35. The van der Waals surface area contributed by atoms with Crippen LogP contribution in [-0.4, -0.2) is 56.4 Å². The highest BCUT2D eigenvalue weighted by Gasteiger charge is 2.41. The summed E-state index contributed by atoms with van der Waals surface area (Å²) in [5, 5.41) is 9.69. The standard InChI is InChI=1S/C19H27NO4/c1-23-14-11-19(18(21)22)10-6-13-20(15-19)12-5-8-16-7-3-4-9-17(16)24-2/h3-5,7-9H,6,10-15H2,1-2H3,(H,21,22). The van der Waals surface area contributed by atoms with Crippen LogP contribution in [0.15, 0.2) is 30.3 Å². The van der Waals surface area contributed by atoms with E-state index in [2.05, 4.69) is 11.0 Å². The molecule has 0 amide bonds. The molecule has 1 saturated heterocycles. The number of hydrogen-bond acceptors (Lipinski definition) is 4. The molecule has 0 bridgehead atoms. The molecule has 0 spiro atoms. The predicted molar refractivity (Wildman–Crippen MR) is 94.3 cm³/mol. The van der Waals surface area contributed by atoms with E-state index in [1.807, 2.05) is 30.3 Å². The van der Waals surface area contributed by atoms with Crippen LogP contribution < -0.4 is 4.74 Å². The van der Waals surface area contributed by atoms with Crippen molar-refractivity contribution in [3.63, 3.8) is 0 Å². The Bertz CT molecular complexity index is 572. The van der Waals surface area contributed by atoms with Gasteiger partial charge in [0.15, 0.2) is 0 Å². The molecular formula is C19H27NO4. The maximum atomic E-state index is 11.8. The molecular weight excluding hydrogens is 306 g/mol. The smallest absolute Gasteiger partial charge is 0.311 e. The van der Waals surface area contributed by atoms with Gasteiger partial charge in [0, 0.05) is 32.4 Å². The van der Waals surface area contributed by atoms with E-state index in [1.54, 1.807) is 14.2 Å². The molecule has 0 radical (unpaired) electrons. The maximum absolute atomic E-state index is 11.8. The normalized spacial score (nSPS) is 21.9.